The van der Waals surface area contributed by atoms with Crippen molar-refractivity contribution in [3.05, 3.63) is 27.2 Å². The molecule has 22 heavy (non-hydrogen) atoms. The zero-order valence-corrected chi connectivity index (χ0v) is 12.0. The molecule has 0 N–H and O–H groups in total. The lowest BCUT2D eigenvalue weighted by Crippen LogP contribution is -2.57. The Balaban J connectivity index is 3.21. The Morgan fingerprint density at radius 3 is 1.82 bits per heavy atom. The van der Waals surface area contributed by atoms with Crippen molar-refractivity contribution in [1.29, 1.82) is 0 Å². The molecule has 0 saturated carbocycles. The van der Waals surface area contributed by atoms with Gasteiger partial charge in [-0.3, -0.25) is 0 Å². The zero-order chi connectivity index (χ0) is 17.5. The molecule has 0 aliphatic rings. The number of ether oxygens (including phenoxy) is 1. The Morgan fingerprint density at radius 2 is 1.36 bits per heavy atom. The van der Waals surface area contributed by atoms with E-state index in [9.17, 15) is 35.5 Å². The maximum absolute atomic E-state index is 13.1. The predicted molar refractivity (Wildman–Crippen MR) is 63.1 cm³/mol. The first-order chi connectivity index (χ1) is 9.73. The fourth-order valence-electron chi connectivity index (χ4n) is 1.07. The zero-order valence-electron chi connectivity index (χ0n) is 9.75. The van der Waals surface area contributed by atoms with Gasteiger partial charge in [0.1, 0.15) is 5.02 Å². The van der Waals surface area contributed by atoms with Gasteiger partial charge >= 0.3 is 24.0 Å². The second-order valence-corrected chi connectivity index (χ2v) is 4.90. The number of halogens is 10. The van der Waals surface area contributed by atoms with Gasteiger partial charge in [0.15, 0.2) is 5.75 Å². The Labute approximate surface area is 132 Å². The summed E-state index contributed by atoms with van der Waals surface area (Å²) in [6.45, 7) is 0. The van der Waals surface area contributed by atoms with Crippen molar-refractivity contribution in [2.45, 2.75) is 18.0 Å². The van der Waals surface area contributed by atoms with Crippen LogP contribution in [0, 0.1) is 0 Å². The molecule has 12 heteroatoms. The van der Waals surface area contributed by atoms with Gasteiger partial charge in [-0.2, -0.15) is 30.7 Å². The second-order valence-electron chi connectivity index (χ2n) is 3.71. The first-order valence-electron chi connectivity index (χ1n) is 4.91. The average molecular weight is 393 g/mol. The minimum atomic E-state index is -6.68. The van der Waals surface area contributed by atoms with Crippen LogP contribution in [0.25, 0.3) is 0 Å². The van der Waals surface area contributed by atoms with Crippen LogP contribution in [-0.4, -0.2) is 24.0 Å². The number of esters is 1. The molecule has 0 spiro atoms. The van der Waals surface area contributed by atoms with Crippen molar-refractivity contribution >= 4 is 40.8 Å². The average Bonchev–Trinajstić information content (AvgIpc) is 2.37. The fourth-order valence-corrected chi connectivity index (χ4v) is 1.66. The smallest absolute Gasteiger partial charge is 0.419 e. The van der Waals surface area contributed by atoms with E-state index in [4.69, 9.17) is 34.8 Å². The van der Waals surface area contributed by atoms with Gasteiger partial charge in [0.05, 0.1) is 10.0 Å². The quantitative estimate of drug-likeness (QED) is 0.298. The van der Waals surface area contributed by atoms with Gasteiger partial charge in [0, 0.05) is 0 Å². The summed E-state index contributed by atoms with van der Waals surface area (Å²) in [5.74, 6) is -17.1. The number of hydrogen-bond donors (Lipinski definition) is 0. The second kappa shape index (κ2) is 5.93. The molecule has 0 radical (unpaired) electrons. The first kappa shape index (κ1) is 19.1. The van der Waals surface area contributed by atoms with Crippen LogP contribution in [0.3, 0.4) is 0 Å². The van der Waals surface area contributed by atoms with Crippen LogP contribution in [0.5, 0.6) is 5.75 Å². The Kier molecular flexibility index (Phi) is 5.16. The molecule has 0 aromatic heterocycles. The van der Waals surface area contributed by atoms with E-state index >= 15 is 0 Å². The van der Waals surface area contributed by atoms with Crippen molar-refractivity contribution in [3.63, 3.8) is 0 Å². The molecule has 0 bridgehead atoms. The SMILES string of the molecule is O=C(Oc1c(Cl)ccc(Cl)c1Cl)C(F)(F)C(F)(F)C(F)(F)F. The van der Waals surface area contributed by atoms with Crippen LogP contribution in [0.4, 0.5) is 30.7 Å². The van der Waals surface area contributed by atoms with Gasteiger partial charge in [-0.1, -0.05) is 34.8 Å². The summed E-state index contributed by atoms with van der Waals surface area (Å²) >= 11 is 16.3. The molecule has 2 nitrogen and oxygen atoms in total. The van der Waals surface area contributed by atoms with Crippen molar-refractivity contribution in [3.8, 4) is 5.75 Å². The topological polar surface area (TPSA) is 26.3 Å². The highest BCUT2D eigenvalue weighted by molar-refractivity contribution is 6.44. The molecule has 124 valence electrons. The third-order valence-corrected chi connectivity index (χ3v) is 3.29. The van der Waals surface area contributed by atoms with E-state index < -0.39 is 39.8 Å². The van der Waals surface area contributed by atoms with Gasteiger partial charge in [-0.05, 0) is 12.1 Å². The molecule has 1 rings (SSSR count). The molecule has 0 unspecified atom stereocenters. The lowest BCUT2D eigenvalue weighted by atomic mass is 10.1. The number of benzene rings is 1. The molecule has 1 aromatic rings. The van der Waals surface area contributed by atoms with Crippen LogP contribution < -0.4 is 4.74 Å². The Bertz CT molecular complexity index is 601. The van der Waals surface area contributed by atoms with Crippen molar-refractivity contribution in [2.24, 2.45) is 0 Å². The van der Waals surface area contributed by atoms with Gasteiger partial charge in [0.2, 0.25) is 0 Å². The lowest BCUT2D eigenvalue weighted by molar-refractivity contribution is -0.346. The minimum Gasteiger partial charge on any atom is -0.419 e. The Hall–Kier alpha value is -0.930. The van der Waals surface area contributed by atoms with Crippen molar-refractivity contribution in [1.82, 2.24) is 0 Å². The van der Waals surface area contributed by atoms with Crippen LogP contribution in [0.15, 0.2) is 12.1 Å². The van der Waals surface area contributed by atoms with E-state index in [1.54, 1.807) is 0 Å². The first-order valence-corrected chi connectivity index (χ1v) is 6.05. The summed E-state index contributed by atoms with van der Waals surface area (Å²) in [6, 6.07) is 1.95. The number of alkyl halides is 7. The third-order valence-electron chi connectivity index (χ3n) is 2.20. The van der Waals surface area contributed by atoms with Gasteiger partial charge < -0.3 is 4.74 Å². The summed E-state index contributed by atoms with van der Waals surface area (Å²) < 4.78 is 91.1. The molecule has 0 atom stereocenters. The number of carbonyl (C=O) groups excluding carboxylic acids is 1. The summed E-state index contributed by atoms with van der Waals surface area (Å²) in [5.41, 5.74) is 0. The molecule has 0 fully saturated rings. The lowest BCUT2D eigenvalue weighted by Gasteiger charge is -2.26. The summed E-state index contributed by atoms with van der Waals surface area (Å²) in [7, 11) is 0. The molecule has 0 aliphatic carbocycles. The van der Waals surface area contributed by atoms with E-state index in [1.165, 1.54) is 0 Å². The van der Waals surface area contributed by atoms with E-state index in [-0.39, 0.29) is 5.02 Å². The Morgan fingerprint density at radius 1 is 0.909 bits per heavy atom. The van der Waals surface area contributed by atoms with Crippen molar-refractivity contribution < 1.29 is 40.3 Å². The molecule has 0 aliphatic heterocycles. The van der Waals surface area contributed by atoms with E-state index in [1.807, 2.05) is 0 Å². The number of rotatable bonds is 3. The molecule has 0 saturated heterocycles. The highest BCUT2D eigenvalue weighted by atomic mass is 35.5. The monoisotopic (exact) mass is 392 g/mol. The van der Waals surface area contributed by atoms with E-state index in [0.717, 1.165) is 12.1 Å². The highest BCUT2D eigenvalue weighted by Gasteiger charge is 2.77. The minimum absolute atomic E-state index is 0.361. The highest BCUT2D eigenvalue weighted by Crippen LogP contribution is 2.48. The maximum atomic E-state index is 13.1. The molecule has 1 aromatic carbocycles. The standard InChI is InChI=1S/C10H2Cl3F7O2/c11-3-1-2-4(12)6(5(3)13)22-7(21)8(14,15)9(16,17)10(18,19)20/h1-2H. The van der Waals surface area contributed by atoms with Gasteiger partial charge in [-0.25, -0.2) is 4.79 Å². The summed E-state index contributed by atoms with van der Waals surface area (Å²) in [4.78, 5) is 11.0. The van der Waals surface area contributed by atoms with Crippen LogP contribution >= 0.6 is 34.8 Å². The van der Waals surface area contributed by atoms with Crippen molar-refractivity contribution in [2.75, 3.05) is 0 Å². The predicted octanol–water partition coefficient (Wildman–Crippen LogP) is 5.39. The molecule has 0 amide bonds. The molecular weight excluding hydrogens is 391 g/mol. The summed E-state index contributed by atoms with van der Waals surface area (Å²) in [6.07, 6.45) is -6.68. The summed E-state index contributed by atoms with van der Waals surface area (Å²) in [5, 5.41) is -1.68. The van der Waals surface area contributed by atoms with Crippen LogP contribution in [0.1, 0.15) is 0 Å². The maximum Gasteiger partial charge on any atom is 0.460 e. The largest absolute Gasteiger partial charge is 0.460 e. The molecular formula is C10H2Cl3F7O2. The third kappa shape index (κ3) is 3.21. The van der Waals surface area contributed by atoms with Crippen LogP contribution in [0.2, 0.25) is 15.1 Å². The van der Waals surface area contributed by atoms with E-state index in [2.05, 4.69) is 4.74 Å². The number of carbonyl (C=O) groups is 1. The fraction of sp³-hybridized carbons (Fsp3) is 0.300. The van der Waals surface area contributed by atoms with Gasteiger partial charge in [-0.15, -0.1) is 0 Å². The van der Waals surface area contributed by atoms with Crippen LogP contribution in [-0.2, 0) is 4.79 Å². The van der Waals surface area contributed by atoms with Gasteiger partial charge in [0.25, 0.3) is 0 Å². The van der Waals surface area contributed by atoms with E-state index in [0.29, 0.717) is 0 Å². The normalized spacial score (nSPS) is 13.2. The molecule has 0 heterocycles. The number of hydrogen-bond acceptors (Lipinski definition) is 2.